The van der Waals surface area contributed by atoms with Crippen LogP contribution in [0.2, 0.25) is 0 Å². The van der Waals surface area contributed by atoms with Gasteiger partial charge in [-0.05, 0) is 25.0 Å². The second-order valence-corrected chi connectivity index (χ2v) is 3.88. The Morgan fingerprint density at radius 2 is 2.13 bits per heavy atom. The summed E-state index contributed by atoms with van der Waals surface area (Å²) in [6.07, 6.45) is 6.82. The molecule has 0 spiro atoms. The SMILES string of the molecule is CCCCCCNc1nccc(C)c1N. The van der Waals surface area contributed by atoms with Crippen molar-refractivity contribution in [1.29, 1.82) is 0 Å². The van der Waals surface area contributed by atoms with E-state index in [9.17, 15) is 0 Å². The first kappa shape index (κ1) is 11.8. The Bertz CT molecular complexity index is 297. The maximum Gasteiger partial charge on any atom is 0.149 e. The first-order chi connectivity index (χ1) is 7.25. The van der Waals surface area contributed by atoms with Gasteiger partial charge in [0, 0.05) is 12.7 Å². The van der Waals surface area contributed by atoms with Crippen LogP contribution in [0.4, 0.5) is 11.5 Å². The Hall–Kier alpha value is -1.25. The van der Waals surface area contributed by atoms with E-state index in [2.05, 4.69) is 17.2 Å². The molecule has 1 rings (SSSR count). The fourth-order valence-corrected chi connectivity index (χ4v) is 1.47. The fourth-order valence-electron chi connectivity index (χ4n) is 1.47. The van der Waals surface area contributed by atoms with Gasteiger partial charge in [0.15, 0.2) is 0 Å². The molecule has 3 heteroatoms. The molecule has 15 heavy (non-hydrogen) atoms. The van der Waals surface area contributed by atoms with Gasteiger partial charge in [-0.15, -0.1) is 0 Å². The lowest BCUT2D eigenvalue weighted by Crippen LogP contribution is -2.06. The predicted molar refractivity (Wildman–Crippen MR) is 66.0 cm³/mol. The summed E-state index contributed by atoms with van der Waals surface area (Å²) >= 11 is 0. The molecule has 0 aromatic carbocycles. The van der Waals surface area contributed by atoms with Crippen molar-refractivity contribution in [1.82, 2.24) is 4.98 Å². The summed E-state index contributed by atoms with van der Waals surface area (Å²) in [5, 5.41) is 3.28. The summed E-state index contributed by atoms with van der Waals surface area (Å²) in [5.41, 5.74) is 7.75. The van der Waals surface area contributed by atoms with Crippen molar-refractivity contribution >= 4 is 11.5 Å². The topological polar surface area (TPSA) is 50.9 Å². The minimum Gasteiger partial charge on any atom is -0.396 e. The van der Waals surface area contributed by atoms with Crippen LogP contribution in [-0.2, 0) is 0 Å². The van der Waals surface area contributed by atoms with Crippen molar-refractivity contribution in [2.24, 2.45) is 0 Å². The molecule has 0 radical (unpaired) electrons. The minimum absolute atomic E-state index is 0.771. The Balaban J connectivity index is 2.34. The zero-order valence-electron chi connectivity index (χ0n) is 9.71. The van der Waals surface area contributed by atoms with E-state index in [4.69, 9.17) is 5.73 Å². The summed E-state index contributed by atoms with van der Waals surface area (Å²) in [7, 11) is 0. The highest BCUT2D eigenvalue weighted by atomic mass is 15.0. The predicted octanol–water partition coefficient (Wildman–Crippen LogP) is 2.96. The Kier molecular flexibility index (Phi) is 4.95. The Labute approximate surface area is 92.1 Å². The number of rotatable bonds is 6. The largest absolute Gasteiger partial charge is 0.396 e. The normalized spacial score (nSPS) is 10.3. The Morgan fingerprint density at radius 1 is 1.33 bits per heavy atom. The molecule has 0 atom stereocenters. The van der Waals surface area contributed by atoms with Gasteiger partial charge >= 0.3 is 0 Å². The molecular weight excluding hydrogens is 186 g/mol. The number of aryl methyl sites for hydroxylation is 1. The lowest BCUT2D eigenvalue weighted by Gasteiger charge is -2.09. The summed E-state index contributed by atoms with van der Waals surface area (Å²) in [5.74, 6) is 0.825. The number of unbranched alkanes of at least 4 members (excludes halogenated alkanes) is 3. The van der Waals surface area contributed by atoms with E-state index in [0.717, 1.165) is 23.6 Å². The molecule has 0 fully saturated rings. The summed E-state index contributed by atoms with van der Waals surface area (Å²) in [4.78, 5) is 4.22. The van der Waals surface area contributed by atoms with Gasteiger partial charge in [0.05, 0.1) is 5.69 Å². The van der Waals surface area contributed by atoms with Crippen LogP contribution in [0.1, 0.15) is 38.2 Å². The van der Waals surface area contributed by atoms with Crippen molar-refractivity contribution < 1.29 is 0 Å². The van der Waals surface area contributed by atoms with Crippen LogP contribution < -0.4 is 11.1 Å². The van der Waals surface area contributed by atoms with Crippen LogP contribution >= 0.6 is 0 Å². The number of anilines is 2. The molecular formula is C12H21N3. The van der Waals surface area contributed by atoms with Gasteiger partial charge in [-0.2, -0.15) is 0 Å². The van der Waals surface area contributed by atoms with E-state index >= 15 is 0 Å². The molecule has 3 nitrogen and oxygen atoms in total. The van der Waals surface area contributed by atoms with E-state index < -0.39 is 0 Å². The molecule has 0 saturated heterocycles. The van der Waals surface area contributed by atoms with Crippen LogP contribution in [0, 0.1) is 6.92 Å². The number of nitrogens with two attached hydrogens (primary N) is 1. The third-order valence-corrected chi connectivity index (χ3v) is 2.53. The molecule has 0 unspecified atom stereocenters. The van der Waals surface area contributed by atoms with Gasteiger partial charge in [-0.1, -0.05) is 26.2 Å². The van der Waals surface area contributed by atoms with Gasteiger partial charge in [0.2, 0.25) is 0 Å². The highest BCUT2D eigenvalue weighted by molar-refractivity contribution is 5.64. The number of hydrogen-bond donors (Lipinski definition) is 2. The molecule has 0 aliphatic carbocycles. The average Bonchev–Trinajstić information content (AvgIpc) is 2.24. The first-order valence-electron chi connectivity index (χ1n) is 5.70. The minimum atomic E-state index is 0.771. The van der Waals surface area contributed by atoms with Gasteiger partial charge in [0.1, 0.15) is 5.82 Å². The van der Waals surface area contributed by atoms with Gasteiger partial charge in [-0.25, -0.2) is 4.98 Å². The molecule has 0 aliphatic heterocycles. The van der Waals surface area contributed by atoms with Crippen LogP contribution in [0.25, 0.3) is 0 Å². The van der Waals surface area contributed by atoms with Crippen molar-refractivity contribution in [2.75, 3.05) is 17.6 Å². The number of hydrogen-bond acceptors (Lipinski definition) is 3. The summed E-state index contributed by atoms with van der Waals surface area (Å²) in [6.45, 7) is 5.17. The number of nitrogens with zero attached hydrogens (tertiary/aromatic N) is 1. The van der Waals surface area contributed by atoms with Gasteiger partial charge < -0.3 is 11.1 Å². The van der Waals surface area contributed by atoms with Crippen LogP contribution in [0.3, 0.4) is 0 Å². The van der Waals surface area contributed by atoms with Gasteiger partial charge in [-0.3, -0.25) is 0 Å². The zero-order chi connectivity index (χ0) is 11.1. The number of nitrogen functional groups attached to an aromatic ring is 1. The highest BCUT2D eigenvalue weighted by Gasteiger charge is 2.01. The molecule has 84 valence electrons. The average molecular weight is 207 g/mol. The Morgan fingerprint density at radius 3 is 2.87 bits per heavy atom. The first-order valence-corrected chi connectivity index (χ1v) is 5.70. The molecule has 0 amide bonds. The fraction of sp³-hybridized carbons (Fsp3) is 0.583. The van der Waals surface area contributed by atoms with Crippen molar-refractivity contribution in [3.63, 3.8) is 0 Å². The maximum atomic E-state index is 5.90. The molecule has 1 aromatic heterocycles. The third-order valence-electron chi connectivity index (χ3n) is 2.53. The molecule has 1 heterocycles. The second-order valence-electron chi connectivity index (χ2n) is 3.88. The quantitative estimate of drug-likeness (QED) is 0.705. The van der Waals surface area contributed by atoms with Gasteiger partial charge in [0.25, 0.3) is 0 Å². The van der Waals surface area contributed by atoms with Crippen LogP contribution in [0.15, 0.2) is 12.3 Å². The smallest absolute Gasteiger partial charge is 0.149 e. The standard InChI is InChI=1S/C12H21N3/c1-3-4-5-6-8-14-12-11(13)10(2)7-9-15-12/h7,9H,3-6,8,13H2,1-2H3,(H,14,15). The molecule has 0 saturated carbocycles. The molecule has 1 aromatic rings. The number of nitrogens with one attached hydrogen (secondary N) is 1. The van der Waals surface area contributed by atoms with Crippen LogP contribution in [0.5, 0.6) is 0 Å². The lowest BCUT2D eigenvalue weighted by atomic mass is 10.2. The second kappa shape index (κ2) is 6.27. The van der Waals surface area contributed by atoms with Crippen molar-refractivity contribution in [3.8, 4) is 0 Å². The summed E-state index contributed by atoms with van der Waals surface area (Å²) in [6, 6.07) is 1.93. The van der Waals surface area contributed by atoms with Crippen molar-refractivity contribution in [3.05, 3.63) is 17.8 Å². The maximum absolute atomic E-state index is 5.90. The molecule has 0 aliphatic rings. The van der Waals surface area contributed by atoms with E-state index in [0.29, 0.717) is 0 Å². The van der Waals surface area contributed by atoms with Crippen LogP contribution in [-0.4, -0.2) is 11.5 Å². The lowest BCUT2D eigenvalue weighted by molar-refractivity contribution is 0.684. The van der Waals surface area contributed by atoms with Crippen molar-refractivity contribution in [2.45, 2.75) is 39.5 Å². The molecule has 0 bridgehead atoms. The third kappa shape index (κ3) is 3.78. The van der Waals surface area contributed by atoms with E-state index in [-0.39, 0.29) is 0 Å². The summed E-state index contributed by atoms with van der Waals surface area (Å²) < 4.78 is 0. The number of aromatic nitrogens is 1. The molecule has 3 N–H and O–H groups in total. The highest BCUT2D eigenvalue weighted by Crippen LogP contribution is 2.18. The van der Waals surface area contributed by atoms with E-state index in [1.165, 1.54) is 25.7 Å². The number of pyridine rings is 1. The monoisotopic (exact) mass is 207 g/mol. The van der Waals surface area contributed by atoms with E-state index in [1.54, 1.807) is 6.20 Å². The van der Waals surface area contributed by atoms with E-state index in [1.807, 2.05) is 13.0 Å². The zero-order valence-corrected chi connectivity index (χ0v) is 9.71.